The third-order valence-electron chi connectivity index (χ3n) is 15.7. The maximum atomic E-state index is 13.2. The molecule has 2 rings (SSSR count). The van der Waals surface area contributed by atoms with Gasteiger partial charge >= 0.3 is 0 Å². The standard InChI is InChI=1S/C66H119NO13/c1-3-5-7-9-11-13-15-17-19-20-21-22-23-24-25-26-27-28-29-30-31-32-33-34-35-36-37-39-41-43-45-47-49-55(70)54(67-58(71)50-48-46-44-42-40-38-18-16-14-12-10-8-6-4-2)53-77-65-63(76)61(74)64(57(52-69)79-65)80-66-62(75)60(73)59(72)56(51-68)78-66/h10,12,16,18,34-35,39,41,47,49,54-57,59-66,68-70,72-76H,3-9,11,13-15,17,19-33,36-38,40,42-46,48,50-53H2,1-2H3,(H,67,71)/b12-10-,18-16-,35-34+,41-39+,49-47+. The van der Waals surface area contributed by atoms with Gasteiger partial charge in [-0.25, -0.2) is 0 Å². The molecular weight excluding hydrogens is 1010 g/mol. The van der Waals surface area contributed by atoms with Crippen molar-refractivity contribution in [3.8, 4) is 0 Å². The summed E-state index contributed by atoms with van der Waals surface area (Å²) in [6.45, 7) is 2.73. The molecular formula is C66H119NO13. The van der Waals surface area contributed by atoms with Crippen LogP contribution in [0.2, 0.25) is 0 Å². The van der Waals surface area contributed by atoms with Gasteiger partial charge in [-0.1, -0.05) is 242 Å². The fraction of sp³-hybridized carbons (Fsp3) is 0.833. The molecule has 9 N–H and O–H groups in total. The Kier molecular flexibility index (Phi) is 47.2. The van der Waals surface area contributed by atoms with Gasteiger partial charge in [-0.2, -0.15) is 0 Å². The highest BCUT2D eigenvalue weighted by Gasteiger charge is 2.51. The lowest BCUT2D eigenvalue weighted by Crippen LogP contribution is -2.65. The quantitative estimate of drug-likeness (QED) is 0.0204. The van der Waals surface area contributed by atoms with Gasteiger partial charge in [0.2, 0.25) is 5.91 Å². The van der Waals surface area contributed by atoms with E-state index in [1.807, 2.05) is 6.08 Å². The predicted molar refractivity (Wildman–Crippen MR) is 323 cm³/mol. The largest absolute Gasteiger partial charge is 0.394 e. The molecule has 2 fully saturated rings. The van der Waals surface area contributed by atoms with Gasteiger partial charge in [0.25, 0.3) is 0 Å². The number of nitrogens with one attached hydrogen (secondary N) is 1. The van der Waals surface area contributed by atoms with E-state index in [1.54, 1.807) is 6.08 Å². The van der Waals surface area contributed by atoms with Crippen LogP contribution in [-0.4, -0.2) is 140 Å². The van der Waals surface area contributed by atoms with E-state index in [4.69, 9.17) is 18.9 Å². The zero-order valence-electron chi connectivity index (χ0n) is 50.3. The lowest BCUT2D eigenvalue weighted by Gasteiger charge is -2.46. The molecule has 1 amide bonds. The number of rotatable bonds is 52. The van der Waals surface area contributed by atoms with E-state index >= 15 is 0 Å². The topological polar surface area (TPSA) is 228 Å². The first-order valence-electron chi connectivity index (χ1n) is 32.5. The van der Waals surface area contributed by atoms with E-state index in [1.165, 1.54) is 154 Å². The van der Waals surface area contributed by atoms with E-state index < -0.39 is 86.8 Å². The molecule has 0 radical (unpaired) electrons. The molecule has 80 heavy (non-hydrogen) atoms. The summed E-state index contributed by atoms with van der Waals surface area (Å²) in [5.41, 5.74) is 0. The van der Waals surface area contributed by atoms with Gasteiger partial charge in [-0.15, -0.1) is 0 Å². The first-order chi connectivity index (χ1) is 39.1. The van der Waals surface area contributed by atoms with Crippen LogP contribution in [0.15, 0.2) is 60.8 Å². The zero-order valence-corrected chi connectivity index (χ0v) is 50.3. The van der Waals surface area contributed by atoms with Crippen LogP contribution < -0.4 is 5.32 Å². The molecule has 0 aliphatic carbocycles. The van der Waals surface area contributed by atoms with Gasteiger partial charge in [0.05, 0.1) is 32.0 Å². The van der Waals surface area contributed by atoms with Crippen molar-refractivity contribution in [3.05, 3.63) is 60.8 Å². The van der Waals surface area contributed by atoms with Gasteiger partial charge in [-0.05, 0) is 70.6 Å². The lowest BCUT2D eigenvalue weighted by molar-refractivity contribution is -0.359. The van der Waals surface area contributed by atoms with Crippen molar-refractivity contribution in [1.82, 2.24) is 5.32 Å². The molecule has 2 aliphatic heterocycles. The van der Waals surface area contributed by atoms with Crippen LogP contribution in [0.3, 0.4) is 0 Å². The number of carbonyl (C=O) groups excluding carboxylic acids is 1. The lowest BCUT2D eigenvalue weighted by atomic mass is 9.97. The van der Waals surface area contributed by atoms with Crippen molar-refractivity contribution in [2.75, 3.05) is 19.8 Å². The molecule has 12 unspecified atom stereocenters. The number of carbonyl (C=O) groups is 1. The summed E-state index contributed by atoms with van der Waals surface area (Å²) < 4.78 is 22.7. The highest BCUT2D eigenvalue weighted by atomic mass is 16.7. The molecule has 0 aromatic heterocycles. The number of hydrogen-bond donors (Lipinski definition) is 9. The van der Waals surface area contributed by atoms with Gasteiger partial charge in [-0.3, -0.25) is 4.79 Å². The summed E-state index contributed by atoms with van der Waals surface area (Å²) in [4.78, 5) is 13.2. The Hall–Kier alpha value is -2.31. The maximum absolute atomic E-state index is 13.2. The molecule has 0 aromatic carbocycles. The minimum atomic E-state index is -1.80. The second-order valence-electron chi connectivity index (χ2n) is 22.9. The number of aliphatic hydroxyl groups is 8. The van der Waals surface area contributed by atoms with Gasteiger partial charge < -0.3 is 65.1 Å². The smallest absolute Gasteiger partial charge is 0.220 e. The number of ether oxygens (including phenoxy) is 4. The van der Waals surface area contributed by atoms with Crippen LogP contribution in [0.4, 0.5) is 0 Å². The van der Waals surface area contributed by atoms with Crippen molar-refractivity contribution in [2.24, 2.45) is 0 Å². The van der Waals surface area contributed by atoms with Crippen molar-refractivity contribution in [1.29, 1.82) is 0 Å². The number of unbranched alkanes of at least 4 members (excludes halogenated alkanes) is 31. The van der Waals surface area contributed by atoms with Crippen LogP contribution in [0.1, 0.15) is 258 Å². The Bertz CT molecular complexity index is 1570. The van der Waals surface area contributed by atoms with E-state index in [2.05, 4.69) is 67.8 Å². The molecule has 0 aromatic rings. The molecule has 0 spiro atoms. The van der Waals surface area contributed by atoms with E-state index in [0.717, 1.165) is 70.6 Å². The van der Waals surface area contributed by atoms with Crippen molar-refractivity contribution < 1.29 is 64.6 Å². The van der Waals surface area contributed by atoms with Crippen molar-refractivity contribution in [3.63, 3.8) is 0 Å². The van der Waals surface area contributed by atoms with Gasteiger partial charge in [0.1, 0.15) is 48.8 Å². The highest BCUT2D eigenvalue weighted by molar-refractivity contribution is 5.76. The summed E-state index contributed by atoms with van der Waals surface area (Å²) in [5, 5.41) is 87.1. The third-order valence-corrected chi connectivity index (χ3v) is 15.7. The monoisotopic (exact) mass is 1130 g/mol. The Labute approximate surface area is 486 Å². The second kappa shape index (κ2) is 51.1. The summed E-state index contributed by atoms with van der Waals surface area (Å²) in [7, 11) is 0. The van der Waals surface area contributed by atoms with Crippen LogP contribution in [0, 0.1) is 0 Å². The third kappa shape index (κ3) is 35.7. The summed E-state index contributed by atoms with van der Waals surface area (Å²) in [6, 6.07) is -0.948. The Morgan fingerprint density at radius 3 is 1.34 bits per heavy atom. The van der Waals surface area contributed by atoms with Gasteiger partial charge in [0, 0.05) is 6.42 Å². The zero-order chi connectivity index (χ0) is 58.1. The highest BCUT2D eigenvalue weighted by Crippen LogP contribution is 2.30. The number of amides is 1. The first kappa shape index (κ1) is 73.8. The number of allylic oxidation sites excluding steroid dienone is 9. The normalized spacial score (nSPS) is 24.6. The van der Waals surface area contributed by atoms with Gasteiger partial charge in [0.15, 0.2) is 12.6 Å². The molecule has 12 atom stereocenters. The summed E-state index contributed by atoms with van der Waals surface area (Å²) in [5.74, 6) is -0.268. The maximum Gasteiger partial charge on any atom is 0.220 e. The minimum absolute atomic E-state index is 0.252. The summed E-state index contributed by atoms with van der Waals surface area (Å²) in [6.07, 6.45) is 50.1. The molecule has 14 heteroatoms. The fourth-order valence-electron chi connectivity index (χ4n) is 10.4. The van der Waals surface area contributed by atoms with Crippen LogP contribution in [-0.2, 0) is 23.7 Å². The Balaban J connectivity index is 1.70. The molecule has 0 saturated carbocycles. The predicted octanol–water partition coefficient (Wildman–Crippen LogP) is 12.1. The van der Waals surface area contributed by atoms with Crippen molar-refractivity contribution >= 4 is 5.91 Å². The van der Waals surface area contributed by atoms with E-state index in [-0.39, 0.29) is 18.9 Å². The average Bonchev–Trinajstić information content (AvgIpc) is 3.46. The number of hydrogen-bond acceptors (Lipinski definition) is 13. The fourth-order valence-corrected chi connectivity index (χ4v) is 10.4. The first-order valence-corrected chi connectivity index (χ1v) is 32.5. The number of aliphatic hydroxyl groups excluding tert-OH is 8. The second-order valence-corrected chi connectivity index (χ2v) is 22.9. The Morgan fingerprint density at radius 1 is 0.450 bits per heavy atom. The van der Waals surface area contributed by atoms with E-state index in [0.29, 0.717) is 12.8 Å². The van der Waals surface area contributed by atoms with Crippen LogP contribution in [0.25, 0.3) is 0 Å². The average molecular weight is 1130 g/mol. The molecule has 0 bridgehead atoms. The van der Waals surface area contributed by atoms with E-state index in [9.17, 15) is 45.6 Å². The molecule has 14 nitrogen and oxygen atoms in total. The molecule has 2 aliphatic rings. The summed E-state index contributed by atoms with van der Waals surface area (Å²) >= 11 is 0. The molecule has 2 heterocycles. The van der Waals surface area contributed by atoms with Crippen LogP contribution in [0.5, 0.6) is 0 Å². The SMILES string of the molecule is CCCC/C=C\C/C=C\CCCCCCCC(=O)NC(COC1OC(CO)C(OC2OC(CO)C(O)C(O)C2O)C(O)C1O)C(O)/C=C/CC/C=C/CC/C=C/CCCCCCCCCCCCCCCCCCCCCCCC. The van der Waals surface area contributed by atoms with Crippen LogP contribution >= 0.6 is 0 Å². The van der Waals surface area contributed by atoms with Crippen molar-refractivity contribution in [2.45, 2.75) is 331 Å². The molecule has 2 saturated heterocycles. The minimum Gasteiger partial charge on any atom is -0.394 e. The Morgan fingerprint density at radius 2 is 0.850 bits per heavy atom. The molecule has 466 valence electrons.